The Hall–Kier alpha value is -0.160. The first kappa shape index (κ1) is 11.3. The van der Waals surface area contributed by atoms with E-state index >= 15 is 0 Å². The van der Waals surface area contributed by atoms with E-state index in [1.807, 2.05) is 0 Å². The van der Waals surface area contributed by atoms with E-state index < -0.39 is 0 Å². The van der Waals surface area contributed by atoms with Gasteiger partial charge in [-0.1, -0.05) is 0 Å². The van der Waals surface area contributed by atoms with Crippen molar-refractivity contribution in [2.24, 2.45) is 0 Å². The standard InChI is InChI=1S/C11H12BrNS2/c1-8-6-14-7-9(8)4-13-5-11-10(12)2-3-15-11/h2-3,6-7,13H,4-5H2,1H3. The summed E-state index contributed by atoms with van der Waals surface area (Å²) in [5.74, 6) is 0. The number of hydrogen-bond acceptors (Lipinski definition) is 3. The fourth-order valence-corrected chi connectivity index (χ4v) is 3.65. The van der Waals surface area contributed by atoms with E-state index in [-0.39, 0.29) is 0 Å². The molecule has 2 heterocycles. The normalized spacial score (nSPS) is 10.8. The third-order valence-corrected chi connectivity index (χ3v) is 5.09. The molecule has 0 radical (unpaired) electrons. The lowest BCUT2D eigenvalue weighted by atomic mass is 10.2. The van der Waals surface area contributed by atoms with Crippen molar-refractivity contribution in [2.75, 3.05) is 0 Å². The molecular weight excluding hydrogens is 290 g/mol. The van der Waals surface area contributed by atoms with Gasteiger partial charge in [-0.2, -0.15) is 11.3 Å². The third kappa shape index (κ3) is 2.91. The van der Waals surface area contributed by atoms with Crippen LogP contribution in [0.15, 0.2) is 26.7 Å². The largest absolute Gasteiger partial charge is 0.308 e. The van der Waals surface area contributed by atoms with Gasteiger partial charge in [0.05, 0.1) is 0 Å². The number of halogens is 1. The van der Waals surface area contributed by atoms with Gasteiger partial charge in [-0.05, 0) is 56.2 Å². The highest BCUT2D eigenvalue weighted by molar-refractivity contribution is 9.10. The summed E-state index contributed by atoms with van der Waals surface area (Å²) in [6.45, 7) is 4.06. The zero-order chi connectivity index (χ0) is 10.7. The van der Waals surface area contributed by atoms with Crippen LogP contribution < -0.4 is 5.32 Å². The fourth-order valence-electron chi connectivity index (χ4n) is 1.33. The zero-order valence-electron chi connectivity index (χ0n) is 8.42. The number of rotatable bonds is 4. The fraction of sp³-hybridized carbons (Fsp3) is 0.273. The minimum Gasteiger partial charge on any atom is -0.308 e. The second kappa shape index (κ2) is 5.25. The molecule has 15 heavy (non-hydrogen) atoms. The van der Waals surface area contributed by atoms with Crippen molar-refractivity contribution < 1.29 is 0 Å². The number of nitrogens with one attached hydrogen (secondary N) is 1. The summed E-state index contributed by atoms with van der Waals surface area (Å²) < 4.78 is 1.21. The Kier molecular flexibility index (Phi) is 3.97. The van der Waals surface area contributed by atoms with Crippen LogP contribution in [0.1, 0.15) is 16.0 Å². The maximum Gasteiger partial charge on any atom is 0.0327 e. The molecule has 80 valence electrons. The Labute approximate surface area is 106 Å². The third-order valence-electron chi connectivity index (χ3n) is 2.25. The molecule has 2 aromatic heterocycles. The van der Waals surface area contributed by atoms with E-state index in [2.05, 4.69) is 50.4 Å². The van der Waals surface area contributed by atoms with Crippen molar-refractivity contribution in [1.82, 2.24) is 5.32 Å². The summed E-state index contributed by atoms with van der Waals surface area (Å²) in [7, 11) is 0. The van der Waals surface area contributed by atoms with Crippen molar-refractivity contribution >= 4 is 38.6 Å². The molecule has 1 N–H and O–H groups in total. The van der Waals surface area contributed by atoms with Crippen LogP contribution in [0.2, 0.25) is 0 Å². The smallest absolute Gasteiger partial charge is 0.0327 e. The van der Waals surface area contributed by atoms with Crippen molar-refractivity contribution in [3.05, 3.63) is 42.7 Å². The highest BCUT2D eigenvalue weighted by atomic mass is 79.9. The maximum atomic E-state index is 3.53. The first-order chi connectivity index (χ1) is 7.27. The van der Waals surface area contributed by atoms with E-state index in [1.54, 1.807) is 22.7 Å². The summed E-state index contributed by atoms with van der Waals surface area (Å²) in [5.41, 5.74) is 2.80. The van der Waals surface area contributed by atoms with E-state index in [0.717, 1.165) is 13.1 Å². The molecule has 0 saturated carbocycles. The Morgan fingerprint density at radius 2 is 2.20 bits per heavy atom. The minimum atomic E-state index is 0.938. The Bertz CT molecular complexity index is 393. The van der Waals surface area contributed by atoms with Gasteiger partial charge in [0.1, 0.15) is 0 Å². The van der Waals surface area contributed by atoms with Crippen LogP contribution in [0.25, 0.3) is 0 Å². The molecular formula is C11H12BrNS2. The van der Waals surface area contributed by atoms with E-state index in [1.165, 1.54) is 20.5 Å². The Balaban J connectivity index is 1.86. The average Bonchev–Trinajstić information content (AvgIpc) is 2.78. The molecule has 0 aliphatic carbocycles. The molecule has 0 aliphatic rings. The van der Waals surface area contributed by atoms with Crippen LogP contribution in [-0.2, 0) is 13.1 Å². The van der Waals surface area contributed by atoms with Gasteiger partial charge in [0.25, 0.3) is 0 Å². The minimum absolute atomic E-state index is 0.938. The van der Waals surface area contributed by atoms with Gasteiger partial charge in [0.15, 0.2) is 0 Å². The topological polar surface area (TPSA) is 12.0 Å². The lowest BCUT2D eigenvalue weighted by Gasteiger charge is -2.03. The number of hydrogen-bond donors (Lipinski definition) is 1. The van der Waals surface area contributed by atoms with Crippen LogP contribution in [-0.4, -0.2) is 0 Å². The van der Waals surface area contributed by atoms with Crippen molar-refractivity contribution in [2.45, 2.75) is 20.0 Å². The van der Waals surface area contributed by atoms with Crippen LogP contribution in [0.5, 0.6) is 0 Å². The van der Waals surface area contributed by atoms with E-state index in [9.17, 15) is 0 Å². The molecule has 0 fully saturated rings. The summed E-state index contributed by atoms with van der Waals surface area (Å²) in [6.07, 6.45) is 0. The van der Waals surface area contributed by atoms with Crippen LogP contribution in [0, 0.1) is 6.92 Å². The molecule has 0 atom stereocenters. The molecule has 2 rings (SSSR count). The molecule has 0 saturated heterocycles. The highest BCUT2D eigenvalue weighted by Gasteiger charge is 2.02. The second-order valence-corrected chi connectivity index (χ2v) is 5.97. The van der Waals surface area contributed by atoms with E-state index in [4.69, 9.17) is 0 Å². The summed E-state index contributed by atoms with van der Waals surface area (Å²) >= 11 is 7.09. The molecule has 1 nitrogen and oxygen atoms in total. The first-order valence-corrected chi connectivity index (χ1v) is 7.33. The summed E-state index contributed by atoms with van der Waals surface area (Å²) in [4.78, 5) is 1.36. The van der Waals surface area contributed by atoms with Crippen molar-refractivity contribution in [1.29, 1.82) is 0 Å². The predicted molar refractivity (Wildman–Crippen MR) is 71.6 cm³/mol. The number of thiophene rings is 2. The Morgan fingerprint density at radius 3 is 2.80 bits per heavy atom. The molecule has 0 amide bonds. The van der Waals surface area contributed by atoms with Gasteiger partial charge in [0.2, 0.25) is 0 Å². The molecule has 0 aromatic carbocycles. The van der Waals surface area contributed by atoms with Crippen LogP contribution in [0.4, 0.5) is 0 Å². The monoisotopic (exact) mass is 301 g/mol. The van der Waals surface area contributed by atoms with Gasteiger partial charge in [-0.3, -0.25) is 0 Å². The summed E-state index contributed by atoms with van der Waals surface area (Å²) in [6, 6.07) is 2.09. The van der Waals surface area contributed by atoms with Crippen molar-refractivity contribution in [3.8, 4) is 0 Å². The molecule has 4 heteroatoms. The predicted octanol–water partition coefficient (Wildman–Crippen LogP) is 4.17. The lowest BCUT2D eigenvalue weighted by Crippen LogP contribution is -2.12. The average molecular weight is 302 g/mol. The van der Waals surface area contributed by atoms with Gasteiger partial charge >= 0.3 is 0 Å². The van der Waals surface area contributed by atoms with Gasteiger partial charge in [-0.15, -0.1) is 11.3 Å². The summed E-state index contributed by atoms with van der Waals surface area (Å²) in [5, 5.41) is 9.97. The van der Waals surface area contributed by atoms with Gasteiger partial charge in [-0.25, -0.2) is 0 Å². The first-order valence-electron chi connectivity index (χ1n) is 4.71. The quantitative estimate of drug-likeness (QED) is 0.894. The molecule has 0 spiro atoms. The highest BCUT2D eigenvalue weighted by Crippen LogP contribution is 2.22. The lowest BCUT2D eigenvalue weighted by molar-refractivity contribution is 0.698. The van der Waals surface area contributed by atoms with Crippen LogP contribution >= 0.6 is 38.6 Å². The SMILES string of the molecule is Cc1cscc1CNCc1sccc1Br. The maximum absolute atomic E-state index is 3.53. The molecule has 2 aromatic rings. The molecule has 0 aliphatic heterocycles. The van der Waals surface area contributed by atoms with E-state index in [0.29, 0.717) is 0 Å². The van der Waals surface area contributed by atoms with Crippen molar-refractivity contribution in [3.63, 3.8) is 0 Å². The molecule has 0 bridgehead atoms. The molecule has 0 unspecified atom stereocenters. The van der Waals surface area contributed by atoms with Gasteiger partial charge < -0.3 is 5.32 Å². The van der Waals surface area contributed by atoms with Gasteiger partial charge in [0, 0.05) is 22.4 Å². The second-order valence-electron chi connectivity index (χ2n) is 3.38. The number of aryl methyl sites for hydroxylation is 1. The zero-order valence-corrected chi connectivity index (χ0v) is 11.6. The van der Waals surface area contributed by atoms with Crippen LogP contribution in [0.3, 0.4) is 0 Å². The Morgan fingerprint density at radius 1 is 1.33 bits per heavy atom.